The van der Waals surface area contributed by atoms with Crippen molar-refractivity contribution >= 4 is 0 Å². The van der Waals surface area contributed by atoms with Crippen molar-refractivity contribution in [1.29, 1.82) is 0 Å². The van der Waals surface area contributed by atoms with E-state index in [0.29, 0.717) is 23.5 Å². The van der Waals surface area contributed by atoms with Gasteiger partial charge >= 0.3 is 0 Å². The Hall–Kier alpha value is -1.81. The molecule has 4 heteroatoms. The summed E-state index contributed by atoms with van der Waals surface area (Å²) in [5.41, 5.74) is 1.22. The summed E-state index contributed by atoms with van der Waals surface area (Å²) >= 11 is 0. The lowest BCUT2D eigenvalue weighted by atomic mass is 10.1. The molecule has 82 valence electrons. The van der Waals surface area contributed by atoms with Crippen molar-refractivity contribution in [2.45, 2.75) is 6.54 Å². The minimum atomic E-state index is -0.257. The quantitative estimate of drug-likeness (QED) is 0.854. The Morgan fingerprint density at radius 1 is 1.19 bits per heavy atom. The summed E-state index contributed by atoms with van der Waals surface area (Å²) in [5.74, 6) is 0.440. The largest absolute Gasteiger partial charge is 0.313 e. The molecule has 0 aliphatic rings. The lowest BCUT2D eigenvalue weighted by molar-refractivity contribution is 0.631. The fraction of sp³-hybridized carbons (Fsp3) is 0.167. The third-order valence-corrected chi connectivity index (χ3v) is 2.23. The summed E-state index contributed by atoms with van der Waals surface area (Å²) in [7, 11) is 1.83. The van der Waals surface area contributed by atoms with Gasteiger partial charge in [-0.2, -0.15) is 0 Å². The van der Waals surface area contributed by atoms with Crippen LogP contribution in [0.3, 0.4) is 0 Å². The number of halogens is 1. The topological polar surface area (TPSA) is 37.8 Å². The van der Waals surface area contributed by atoms with Gasteiger partial charge in [-0.05, 0) is 13.1 Å². The predicted octanol–water partition coefficient (Wildman–Crippen LogP) is 2.00. The van der Waals surface area contributed by atoms with Gasteiger partial charge in [0.1, 0.15) is 11.6 Å². The SMILES string of the molecule is CNCc1ncc(-c2ccccc2F)cn1. The maximum atomic E-state index is 13.5. The van der Waals surface area contributed by atoms with E-state index < -0.39 is 0 Å². The van der Waals surface area contributed by atoms with Gasteiger partial charge < -0.3 is 5.32 Å². The van der Waals surface area contributed by atoms with Crippen LogP contribution in [0.25, 0.3) is 11.1 Å². The summed E-state index contributed by atoms with van der Waals surface area (Å²) < 4.78 is 13.5. The first-order valence-electron chi connectivity index (χ1n) is 5.01. The normalized spacial score (nSPS) is 10.4. The van der Waals surface area contributed by atoms with Crippen molar-refractivity contribution in [3.05, 3.63) is 48.3 Å². The van der Waals surface area contributed by atoms with Gasteiger partial charge in [0.15, 0.2) is 0 Å². The highest BCUT2D eigenvalue weighted by atomic mass is 19.1. The van der Waals surface area contributed by atoms with Crippen LogP contribution in [0, 0.1) is 5.82 Å². The Balaban J connectivity index is 2.31. The highest BCUT2D eigenvalue weighted by Gasteiger charge is 2.04. The Morgan fingerprint density at radius 2 is 1.88 bits per heavy atom. The molecule has 0 saturated carbocycles. The Bertz CT molecular complexity index is 468. The second-order valence-electron chi connectivity index (χ2n) is 3.40. The van der Waals surface area contributed by atoms with Crippen molar-refractivity contribution < 1.29 is 4.39 Å². The standard InChI is InChI=1S/C12H12FN3/c1-14-8-12-15-6-9(7-16-12)10-4-2-3-5-11(10)13/h2-7,14H,8H2,1H3. The molecule has 16 heavy (non-hydrogen) atoms. The van der Waals surface area contributed by atoms with E-state index >= 15 is 0 Å². The van der Waals surface area contributed by atoms with Crippen molar-refractivity contribution in [1.82, 2.24) is 15.3 Å². The van der Waals surface area contributed by atoms with Crippen molar-refractivity contribution in [2.75, 3.05) is 7.05 Å². The molecule has 1 heterocycles. The summed E-state index contributed by atoms with van der Waals surface area (Å²) in [6.45, 7) is 0.609. The summed E-state index contributed by atoms with van der Waals surface area (Å²) in [4.78, 5) is 8.29. The van der Waals surface area contributed by atoms with E-state index in [1.54, 1.807) is 30.6 Å². The van der Waals surface area contributed by atoms with E-state index in [-0.39, 0.29) is 5.82 Å². The molecule has 0 atom stereocenters. The van der Waals surface area contributed by atoms with Gasteiger partial charge in [0.2, 0.25) is 0 Å². The van der Waals surface area contributed by atoms with Crippen molar-refractivity contribution in [2.24, 2.45) is 0 Å². The summed E-state index contributed by atoms with van der Waals surface area (Å²) in [5, 5.41) is 2.96. The fourth-order valence-corrected chi connectivity index (χ4v) is 1.44. The molecule has 0 aliphatic carbocycles. The minimum absolute atomic E-state index is 0.257. The maximum absolute atomic E-state index is 13.5. The van der Waals surface area contributed by atoms with Crippen molar-refractivity contribution in [3.8, 4) is 11.1 Å². The molecular weight excluding hydrogens is 205 g/mol. The monoisotopic (exact) mass is 217 g/mol. The van der Waals surface area contributed by atoms with Crippen LogP contribution in [0.1, 0.15) is 5.82 Å². The second kappa shape index (κ2) is 4.81. The van der Waals surface area contributed by atoms with Crippen LogP contribution in [0.5, 0.6) is 0 Å². The van der Waals surface area contributed by atoms with Crippen LogP contribution in [-0.2, 0) is 6.54 Å². The summed E-state index contributed by atoms with van der Waals surface area (Å²) in [6.07, 6.45) is 3.27. The van der Waals surface area contributed by atoms with Crippen LogP contribution in [0.4, 0.5) is 4.39 Å². The van der Waals surface area contributed by atoms with E-state index in [9.17, 15) is 4.39 Å². The molecule has 0 fully saturated rings. The number of hydrogen-bond donors (Lipinski definition) is 1. The molecular formula is C12H12FN3. The molecule has 0 amide bonds. The molecule has 2 aromatic rings. The average Bonchev–Trinajstić information content (AvgIpc) is 2.31. The van der Waals surface area contributed by atoms with Gasteiger partial charge in [0, 0.05) is 23.5 Å². The first-order valence-corrected chi connectivity index (χ1v) is 5.01. The molecule has 2 rings (SSSR count). The minimum Gasteiger partial charge on any atom is -0.313 e. The lowest BCUT2D eigenvalue weighted by Gasteiger charge is -2.03. The molecule has 0 unspecified atom stereocenters. The van der Waals surface area contributed by atoms with Crippen LogP contribution >= 0.6 is 0 Å². The molecule has 0 bridgehead atoms. The first kappa shape index (κ1) is 10.7. The number of rotatable bonds is 3. The number of aromatic nitrogens is 2. The zero-order valence-electron chi connectivity index (χ0n) is 8.94. The highest BCUT2D eigenvalue weighted by Crippen LogP contribution is 2.20. The smallest absolute Gasteiger partial charge is 0.141 e. The van der Waals surface area contributed by atoms with E-state index in [1.807, 2.05) is 7.05 Å². The predicted molar refractivity (Wildman–Crippen MR) is 60.2 cm³/mol. The van der Waals surface area contributed by atoms with Gasteiger partial charge in [-0.3, -0.25) is 0 Å². The maximum Gasteiger partial charge on any atom is 0.141 e. The molecule has 0 saturated heterocycles. The molecule has 0 spiro atoms. The van der Waals surface area contributed by atoms with Crippen LogP contribution in [0.2, 0.25) is 0 Å². The molecule has 1 aromatic carbocycles. The van der Waals surface area contributed by atoms with E-state index in [4.69, 9.17) is 0 Å². The lowest BCUT2D eigenvalue weighted by Crippen LogP contribution is -2.08. The average molecular weight is 217 g/mol. The first-order chi connectivity index (χ1) is 7.81. The Labute approximate surface area is 93.4 Å². The van der Waals surface area contributed by atoms with Gasteiger partial charge in [0.05, 0.1) is 6.54 Å². The molecule has 1 N–H and O–H groups in total. The number of benzene rings is 1. The van der Waals surface area contributed by atoms with Gasteiger partial charge in [0.25, 0.3) is 0 Å². The molecule has 0 aliphatic heterocycles. The third-order valence-electron chi connectivity index (χ3n) is 2.23. The van der Waals surface area contributed by atoms with E-state index in [0.717, 1.165) is 0 Å². The van der Waals surface area contributed by atoms with Gasteiger partial charge in [-0.1, -0.05) is 18.2 Å². The van der Waals surface area contributed by atoms with Crippen LogP contribution in [-0.4, -0.2) is 17.0 Å². The number of nitrogens with zero attached hydrogens (tertiary/aromatic N) is 2. The van der Waals surface area contributed by atoms with Crippen molar-refractivity contribution in [3.63, 3.8) is 0 Å². The second-order valence-corrected chi connectivity index (χ2v) is 3.40. The van der Waals surface area contributed by atoms with Gasteiger partial charge in [-0.15, -0.1) is 0 Å². The molecule has 0 radical (unpaired) electrons. The Morgan fingerprint density at radius 3 is 2.50 bits per heavy atom. The number of hydrogen-bond acceptors (Lipinski definition) is 3. The molecule has 3 nitrogen and oxygen atoms in total. The van der Waals surface area contributed by atoms with Crippen LogP contribution in [0.15, 0.2) is 36.7 Å². The van der Waals surface area contributed by atoms with E-state index in [1.165, 1.54) is 6.07 Å². The Kier molecular flexibility index (Phi) is 3.22. The molecule has 1 aromatic heterocycles. The highest BCUT2D eigenvalue weighted by molar-refractivity contribution is 5.61. The number of nitrogens with one attached hydrogen (secondary N) is 1. The van der Waals surface area contributed by atoms with Crippen LogP contribution < -0.4 is 5.32 Å². The summed E-state index contributed by atoms with van der Waals surface area (Å²) in [6, 6.07) is 6.59. The van der Waals surface area contributed by atoms with E-state index in [2.05, 4.69) is 15.3 Å². The zero-order chi connectivity index (χ0) is 11.4. The zero-order valence-corrected chi connectivity index (χ0v) is 8.94. The fourth-order valence-electron chi connectivity index (χ4n) is 1.44. The van der Waals surface area contributed by atoms with Gasteiger partial charge in [-0.25, -0.2) is 14.4 Å². The third kappa shape index (κ3) is 2.23.